The summed E-state index contributed by atoms with van der Waals surface area (Å²) in [5.41, 5.74) is 0.493. The highest BCUT2D eigenvalue weighted by atomic mass is 79.9. The van der Waals surface area contributed by atoms with Gasteiger partial charge in [-0.25, -0.2) is 4.39 Å². The molecule has 0 saturated carbocycles. The van der Waals surface area contributed by atoms with Crippen molar-refractivity contribution in [3.05, 3.63) is 63.9 Å². The number of ether oxygens (including phenoxy) is 1. The van der Waals surface area contributed by atoms with E-state index < -0.39 is 5.82 Å². The molecule has 4 heteroatoms. The maximum absolute atomic E-state index is 13.7. The second-order valence-corrected chi connectivity index (χ2v) is 5.24. The Labute approximate surface area is 125 Å². The molecule has 0 unspecified atom stereocenters. The van der Waals surface area contributed by atoms with Crippen LogP contribution in [-0.2, 0) is 0 Å². The predicted molar refractivity (Wildman–Crippen MR) is 79.8 cm³/mol. The van der Waals surface area contributed by atoms with Crippen LogP contribution in [0.2, 0.25) is 0 Å². The predicted octanol–water partition coefficient (Wildman–Crippen LogP) is 4.61. The van der Waals surface area contributed by atoms with Gasteiger partial charge in [0, 0.05) is 10.0 Å². The van der Waals surface area contributed by atoms with Gasteiger partial charge in [-0.3, -0.25) is 4.79 Å². The molecule has 0 aliphatic heterocycles. The van der Waals surface area contributed by atoms with Crippen molar-refractivity contribution in [3.8, 4) is 5.75 Å². The Hall–Kier alpha value is -1.68. The fourth-order valence-corrected chi connectivity index (χ4v) is 2.11. The maximum atomic E-state index is 13.7. The fourth-order valence-electron chi connectivity index (χ4n) is 1.75. The Bertz CT molecular complexity index is 608. The zero-order valence-electron chi connectivity index (χ0n) is 11.0. The Morgan fingerprint density at radius 1 is 1.20 bits per heavy atom. The molecule has 0 saturated heterocycles. The molecule has 0 fully saturated rings. The summed E-state index contributed by atoms with van der Waals surface area (Å²) in [6, 6.07) is 11.1. The van der Waals surface area contributed by atoms with Gasteiger partial charge >= 0.3 is 0 Å². The normalized spacial score (nSPS) is 10.3. The molecule has 2 rings (SSSR count). The first-order valence-electron chi connectivity index (χ1n) is 6.34. The van der Waals surface area contributed by atoms with Crippen LogP contribution in [0.3, 0.4) is 0 Å². The van der Waals surface area contributed by atoms with Gasteiger partial charge in [-0.15, -0.1) is 0 Å². The highest BCUT2D eigenvalue weighted by Gasteiger charge is 2.14. The lowest BCUT2D eigenvalue weighted by Crippen LogP contribution is -2.04. The Morgan fingerprint density at radius 3 is 2.55 bits per heavy atom. The third kappa shape index (κ3) is 3.45. The zero-order chi connectivity index (χ0) is 14.5. The van der Waals surface area contributed by atoms with Crippen molar-refractivity contribution < 1.29 is 13.9 Å². The molecular formula is C16H14BrFO2. The zero-order valence-corrected chi connectivity index (χ0v) is 12.6. The van der Waals surface area contributed by atoms with Crippen LogP contribution < -0.4 is 4.74 Å². The lowest BCUT2D eigenvalue weighted by Gasteiger charge is -2.06. The summed E-state index contributed by atoms with van der Waals surface area (Å²) < 4.78 is 19.8. The number of carbonyl (C=O) groups is 1. The van der Waals surface area contributed by atoms with E-state index in [-0.39, 0.29) is 11.3 Å². The van der Waals surface area contributed by atoms with E-state index in [0.717, 1.165) is 6.42 Å². The third-order valence-corrected chi connectivity index (χ3v) is 3.26. The maximum Gasteiger partial charge on any atom is 0.196 e. The molecule has 2 aromatic carbocycles. The van der Waals surface area contributed by atoms with Crippen LogP contribution in [0.15, 0.2) is 46.9 Å². The topological polar surface area (TPSA) is 26.3 Å². The first-order valence-corrected chi connectivity index (χ1v) is 7.13. The summed E-state index contributed by atoms with van der Waals surface area (Å²) in [6.07, 6.45) is 0.921. The molecule has 0 aliphatic rings. The monoisotopic (exact) mass is 336 g/mol. The largest absolute Gasteiger partial charge is 0.494 e. The van der Waals surface area contributed by atoms with Gasteiger partial charge < -0.3 is 4.74 Å². The van der Waals surface area contributed by atoms with Crippen LogP contribution in [0.1, 0.15) is 29.3 Å². The van der Waals surface area contributed by atoms with Crippen LogP contribution in [-0.4, -0.2) is 12.4 Å². The van der Waals surface area contributed by atoms with Crippen LogP contribution in [0.5, 0.6) is 5.75 Å². The molecule has 0 N–H and O–H groups in total. The standard InChI is InChI=1S/C16H14BrFO2/c1-2-9-20-13-6-3-11(4-7-13)16(19)14-10-12(17)5-8-15(14)18/h3-8,10H,2,9H2,1H3. The molecule has 0 bridgehead atoms. The van der Waals surface area contributed by atoms with Gasteiger partial charge in [-0.2, -0.15) is 0 Å². The van der Waals surface area contributed by atoms with Crippen LogP contribution in [0.4, 0.5) is 4.39 Å². The number of carbonyl (C=O) groups excluding carboxylic acids is 1. The molecule has 20 heavy (non-hydrogen) atoms. The van der Waals surface area contributed by atoms with Gasteiger partial charge in [0.05, 0.1) is 12.2 Å². The quantitative estimate of drug-likeness (QED) is 0.745. The molecule has 0 aliphatic carbocycles. The SMILES string of the molecule is CCCOc1ccc(C(=O)c2cc(Br)ccc2F)cc1. The fraction of sp³-hybridized carbons (Fsp3) is 0.188. The molecule has 0 atom stereocenters. The van der Waals surface area contributed by atoms with Gasteiger partial charge in [0.15, 0.2) is 5.78 Å². The second-order valence-electron chi connectivity index (χ2n) is 4.33. The van der Waals surface area contributed by atoms with E-state index in [1.807, 2.05) is 6.92 Å². The van der Waals surface area contributed by atoms with Crippen LogP contribution in [0, 0.1) is 5.82 Å². The Kier molecular flexibility index (Phi) is 4.90. The molecule has 0 aromatic heterocycles. The number of ketones is 1. The molecule has 104 valence electrons. The molecule has 0 amide bonds. The summed E-state index contributed by atoms with van der Waals surface area (Å²) in [5, 5.41) is 0. The van der Waals surface area contributed by atoms with E-state index in [1.165, 1.54) is 12.1 Å². The third-order valence-electron chi connectivity index (χ3n) is 2.76. The number of benzene rings is 2. The smallest absolute Gasteiger partial charge is 0.196 e. The van der Waals surface area contributed by atoms with E-state index in [9.17, 15) is 9.18 Å². The first kappa shape index (κ1) is 14.7. The van der Waals surface area contributed by atoms with Crippen molar-refractivity contribution in [2.75, 3.05) is 6.61 Å². The molecule has 0 heterocycles. The first-order chi connectivity index (χ1) is 9.61. The lowest BCUT2D eigenvalue weighted by atomic mass is 10.0. The molecule has 0 spiro atoms. The molecular weight excluding hydrogens is 323 g/mol. The number of hydrogen-bond acceptors (Lipinski definition) is 2. The van der Waals surface area contributed by atoms with Gasteiger partial charge in [0.25, 0.3) is 0 Å². The average Bonchev–Trinajstić information content (AvgIpc) is 2.47. The summed E-state index contributed by atoms with van der Waals surface area (Å²) in [7, 11) is 0. The van der Waals surface area contributed by atoms with Crippen molar-refractivity contribution in [2.45, 2.75) is 13.3 Å². The summed E-state index contributed by atoms with van der Waals surface area (Å²) in [6.45, 7) is 2.65. The second kappa shape index (κ2) is 6.66. The van der Waals surface area contributed by atoms with Gasteiger partial charge in [0.2, 0.25) is 0 Å². The van der Waals surface area contributed by atoms with Crippen molar-refractivity contribution in [3.63, 3.8) is 0 Å². The summed E-state index contributed by atoms with van der Waals surface area (Å²) >= 11 is 3.24. The van der Waals surface area contributed by atoms with Crippen molar-refractivity contribution in [1.82, 2.24) is 0 Å². The van der Waals surface area contributed by atoms with Gasteiger partial charge in [0.1, 0.15) is 11.6 Å². The molecule has 2 nitrogen and oxygen atoms in total. The van der Waals surface area contributed by atoms with Gasteiger partial charge in [-0.1, -0.05) is 22.9 Å². The number of halogens is 2. The van der Waals surface area contributed by atoms with Crippen molar-refractivity contribution >= 4 is 21.7 Å². The van der Waals surface area contributed by atoms with Crippen LogP contribution >= 0.6 is 15.9 Å². The summed E-state index contributed by atoms with van der Waals surface area (Å²) in [4.78, 5) is 12.2. The summed E-state index contributed by atoms with van der Waals surface area (Å²) in [5.74, 6) is -0.159. The van der Waals surface area contributed by atoms with E-state index >= 15 is 0 Å². The number of hydrogen-bond donors (Lipinski definition) is 0. The van der Waals surface area contributed by atoms with E-state index in [2.05, 4.69) is 15.9 Å². The minimum absolute atomic E-state index is 0.0570. The molecule has 2 aromatic rings. The molecule has 0 radical (unpaired) electrons. The minimum Gasteiger partial charge on any atom is -0.494 e. The Balaban J connectivity index is 2.22. The van der Waals surface area contributed by atoms with E-state index in [4.69, 9.17) is 4.74 Å². The lowest BCUT2D eigenvalue weighted by molar-refractivity contribution is 0.103. The van der Waals surface area contributed by atoms with E-state index in [0.29, 0.717) is 22.4 Å². The number of rotatable bonds is 5. The van der Waals surface area contributed by atoms with Crippen molar-refractivity contribution in [2.24, 2.45) is 0 Å². The minimum atomic E-state index is -0.524. The average molecular weight is 337 g/mol. The Morgan fingerprint density at radius 2 is 1.90 bits per heavy atom. The van der Waals surface area contributed by atoms with Crippen molar-refractivity contribution in [1.29, 1.82) is 0 Å². The highest BCUT2D eigenvalue weighted by Crippen LogP contribution is 2.20. The van der Waals surface area contributed by atoms with E-state index in [1.54, 1.807) is 30.3 Å². The van der Waals surface area contributed by atoms with Gasteiger partial charge in [-0.05, 0) is 48.9 Å². The van der Waals surface area contributed by atoms with Crippen LogP contribution in [0.25, 0.3) is 0 Å². The highest BCUT2D eigenvalue weighted by molar-refractivity contribution is 9.10.